The molecular weight excluding hydrogens is 327 g/mol. The summed E-state index contributed by atoms with van der Waals surface area (Å²) in [7, 11) is 0. The van der Waals surface area contributed by atoms with Gasteiger partial charge in [-0.25, -0.2) is 13.2 Å². The number of nitrogens with one attached hydrogen (secondary N) is 2. The van der Waals surface area contributed by atoms with Gasteiger partial charge in [-0.3, -0.25) is 14.3 Å². The summed E-state index contributed by atoms with van der Waals surface area (Å²) in [5.41, 5.74) is -0.0447. The number of benzene rings is 1. The van der Waals surface area contributed by atoms with Gasteiger partial charge in [-0.2, -0.15) is 10.4 Å². The Balaban J connectivity index is 1.86. The van der Waals surface area contributed by atoms with E-state index < -0.39 is 35.0 Å². The van der Waals surface area contributed by atoms with E-state index in [0.717, 1.165) is 0 Å². The molecule has 0 bridgehead atoms. The highest BCUT2D eigenvalue weighted by Gasteiger charge is 2.16. The number of carbonyl (C=O) groups is 2. The molecule has 2 N–H and O–H groups in total. The number of aromatic nitrogens is 2. The highest BCUT2D eigenvalue weighted by atomic mass is 19.2. The standard InChI is InChI=1S/C14H10F3N5O2/c15-10-3-9(4-11(16)12(10)17)21-14(24)13(23)19-1-2-22-7-8(5-18)6-20-22/h3-4,6-7H,1-2H2,(H,19,23)(H,21,24). The van der Waals surface area contributed by atoms with E-state index in [-0.39, 0.29) is 13.1 Å². The van der Waals surface area contributed by atoms with Crippen LogP contribution in [0, 0.1) is 28.8 Å². The van der Waals surface area contributed by atoms with Gasteiger partial charge < -0.3 is 10.6 Å². The van der Waals surface area contributed by atoms with Gasteiger partial charge in [-0.1, -0.05) is 0 Å². The summed E-state index contributed by atoms with van der Waals surface area (Å²) < 4.78 is 40.2. The molecule has 0 aliphatic heterocycles. The van der Waals surface area contributed by atoms with Crippen molar-refractivity contribution in [2.75, 3.05) is 11.9 Å². The van der Waals surface area contributed by atoms with Crippen molar-refractivity contribution in [3.05, 3.63) is 47.5 Å². The largest absolute Gasteiger partial charge is 0.346 e. The predicted molar refractivity (Wildman–Crippen MR) is 74.9 cm³/mol. The third-order valence-electron chi connectivity index (χ3n) is 2.84. The zero-order valence-electron chi connectivity index (χ0n) is 12.0. The number of halogens is 3. The molecule has 0 saturated heterocycles. The van der Waals surface area contributed by atoms with E-state index in [4.69, 9.17) is 5.26 Å². The Hall–Kier alpha value is -3.35. The molecule has 0 unspecified atom stereocenters. The summed E-state index contributed by atoms with van der Waals surface area (Å²) in [6, 6.07) is 2.99. The van der Waals surface area contributed by atoms with Crippen LogP contribution in [0.5, 0.6) is 0 Å². The van der Waals surface area contributed by atoms with E-state index in [1.807, 2.05) is 11.4 Å². The topological polar surface area (TPSA) is 99.8 Å². The lowest BCUT2D eigenvalue weighted by molar-refractivity contribution is -0.136. The maximum atomic E-state index is 13.0. The summed E-state index contributed by atoms with van der Waals surface area (Å²) in [5, 5.41) is 16.7. The van der Waals surface area contributed by atoms with Gasteiger partial charge in [0.15, 0.2) is 17.5 Å². The summed E-state index contributed by atoms with van der Waals surface area (Å²) >= 11 is 0. The SMILES string of the molecule is N#Cc1cnn(CCNC(=O)C(=O)Nc2cc(F)c(F)c(F)c2)c1. The van der Waals surface area contributed by atoms with Gasteiger partial charge in [0.1, 0.15) is 6.07 Å². The Morgan fingerprint density at radius 2 is 1.88 bits per heavy atom. The third-order valence-corrected chi connectivity index (χ3v) is 2.84. The van der Waals surface area contributed by atoms with Crippen LogP contribution in [0.4, 0.5) is 18.9 Å². The van der Waals surface area contributed by atoms with Gasteiger partial charge in [0.2, 0.25) is 0 Å². The lowest BCUT2D eigenvalue weighted by atomic mass is 10.3. The van der Waals surface area contributed by atoms with Crippen LogP contribution < -0.4 is 10.6 Å². The van der Waals surface area contributed by atoms with E-state index in [1.54, 1.807) is 0 Å². The van der Waals surface area contributed by atoms with Crippen molar-refractivity contribution < 1.29 is 22.8 Å². The van der Waals surface area contributed by atoms with Crippen LogP contribution in [0.3, 0.4) is 0 Å². The van der Waals surface area contributed by atoms with Gasteiger partial charge in [0.05, 0.1) is 18.3 Å². The number of carbonyl (C=O) groups excluding carboxylic acids is 2. The van der Waals surface area contributed by atoms with E-state index >= 15 is 0 Å². The van der Waals surface area contributed by atoms with Crippen molar-refractivity contribution in [3.8, 4) is 6.07 Å². The molecule has 0 aliphatic rings. The summed E-state index contributed by atoms with van der Waals surface area (Å²) in [6.07, 6.45) is 2.79. The molecule has 2 amide bonds. The van der Waals surface area contributed by atoms with Gasteiger partial charge in [0, 0.05) is 30.6 Å². The summed E-state index contributed by atoms with van der Waals surface area (Å²) in [6.45, 7) is 0.242. The Labute approximate surface area is 133 Å². The minimum absolute atomic E-state index is 0.0327. The van der Waals surface area contributed by atoms with Gasteiger partial charge in [-0.15, -0.1) is 0 Å². The van der Waals surface area contributed by atoms with Crippen molar-refractivity contribution >= 4 is 17.5 Å². The molecule has 2 aromatic rings. The quantitative estimate of drug-likeness (QED) is 0.640. The maximum absolute atomic E-state index is 13.0. The minimum atomic E-state index is -1.67. The van der Waals surface area contributed by atoms with Crippen LogP contribution in [0.25, 0.3) is 0 Å². The van der Waals surface area contributed by atoms with Crippen LogP contribution in [-0.2, 0) is 16.1 Å². The first-order valence-corrected chi connectivity index (χ1v) is 6.57. The van der Waals surface area contributed by atoms with Crippen molar-refractivity contribution in [1.82, 2.24) is 15.1 Å². The summed E-state index contributed by atoms with van der Waals surface area (Å²) in [4.78, 5) is 23.2. The number of hydrogen-bond donors (Lipinski definition) is 2. The second-order valence-electron chi connectivity index (χ2n) is 4.57. The molecule has 0 radical (unpaired) electrons. The van der Waals surface area contributed by atoms with Crippen LogP contribution in [0.2, 0.25) is 0 Å². The number of anilines is 1. The van der Waals surface area contributed by atoms with Crippen molar-refractivity contribution in [3.63, 3.8) is 0 Å². The van der Waals surface area contributed by atoms with E-state index in [9.17, 15) is 22.8 Å². The van der Waals surface area contributed by atoms with Crippen LogP contribution in [0.1, 0.15) is 5.56 Å². The Kier molecular flexibility index (Phi) is 5.16. The first kappa shape index (κ1) is 17.0. The van der Waals surface area contributed by atoms with E-state index in [1.165, 1.54) is 17.1 Å². The molecule has 1 aromatic carbocycles. The molecule has 0 atom stereocenters. The first-order chi connectivity index (χ1) is 11.4. The fourth-order valence-electron chi connectivity index (χ4n) is 1.72. The molecule has 0 saturated carbocycles. The average molecular weight is 337 g/mol. The zero-order valence-corrected chi connectivity index (χ0v) is 12.0. The summed E-state index contributed by atoms with van der Waals surface area (Å²) in [5.74, 6) is -6.87. The van der Waals surface area contributed by atoms with Crippen molar-refractivity contribution in [1.29, 1.82) is 5.26 Å². The van der Waals surface area contributed by atoms with E-state index in [0.29, 0.717) is 17.7 Å². The Morgan fingerprint density at radius 3 is 2.46 bits per heavy atom. The number of hydrogen-bond acceptors (Lipinski definition) is 4. The molecule has 0 spiro atoms. The molecule has 7 nitrogen and oxygen atoms in total. The average Bonchev–Trinajstić information content (AvgIpc) is 3.00. The van der Waals surface area contributed by atoms with Crippen LogP contribution >= 0.6 is 0 Å². The second-order valence-corrected chi connectivity index (χ2v) is 4.57. The zero-order chi connectivity index (χ0) is 17.7. The number of nitriles is 1. The Morgan fingerprint density at radius 1 is 1.21 bits per heavy atom. The number of nitrogens with zero attached hydrogens (tertiary/aromatic N) is 3. The Bertz CT molecular complexity index is 805. The normalized spacial score (nSPS) is 10.1. The molecule has 10 heteroatoms. The molecular formula is C14H10F3N5O2. The van der Waals surface area contributed by atoms with Gasteiger partial charge in [-0.05, 0) is 0 Å². The maximum Gasteiger partial charge on any atom is 0.313 e. The number of rotatable bonds is 4. The van der Waals surface area contributed by atoms with Crippen LogP contribution in [-0.4, -0.2) is 28.1 Å². The molecule has 124 valence electrons. The molecule has 0 fully saturated rings. The van der Waals surface area contributed by atoms with Crippen LogP contribution in [0.15, 0.2) is 24.5 Å². The highest BCUT2D eigenvalue weighted by molar-refractivity contribution is 6.39. The molecule has 0 aliphatic carbocycles. The smallest absolute Gasteiger partial charge is 0.313 e. The molecule has 1 heterocycles. The molecule has 1 aromatic heterocycles. The fraction of sp³-hybridized carbons (Fsp3) is 0.143. The molecule has 24 heavy (non-hydrogen) atoms. The monoisotopic (exact) mass is 337 g/mol. The second kappa shape index (κ2) is 7.28. The van der Waals surface area contributed by atoms with Crippen molar-refractivity contribution in [2.45, 2.75) is 6.54 Å². The third kappa shape index (κ3) is 4.10. The van der Waals surface area contributed by atoms with Gasteiger partial charge in [0.25, 0.3) is 0 Å². The minimum Gasteiger partial charge on any atom is -0.346 e. The molecule has 2 rings (SSSR count). The lowest BCUT2D eigenvalue weighted by Crippen LogP contribution is -2.37. The predicted octanol–water partition coefficient (Wildman–Crippen LogP) is 0.927. The number of amides is 2. The van der Waals surface area contributed by atoms with Gasteiger partial charge >= 0.3 is 11.8 Å². The first-order valence-electron chi connectivity index (χ1n) is 6.57. The lowest BCUT2D eigenvalue weighted by Gasteiger charge is -2.07. The van der Waals surface area contributed by atoms with E-state index in [2.05, 4.69) is 10.4 Å². The van der Waals surface area contributed by atoms with Crippen molar-refractivity contribution in [2.24, 2.45) is 0 Å². The highest BCUT2D eigenvalue weighted by Crippen LogP contribution is 2.17. The fourth-order valence-corrected chi connectivity index (χ4v) is 1.72.